The molecule has 1 aliphatic rings. The van der Waals surface area contributed by atoms with E-state index in [9.17, 15) is 19.5 Å². The number of amides is 3. The van der Waals surface area contributed by atoms with Gasteiger partial charge in [0.1, 0.15) is 11.3 Å². The zero-order valence-electron chi connectivity index (χ0n) is 14.4. The Bertz CT molecular complexity index is 890. The Balaban J connectivity index is 1.98. The van der Waals surface area contributed by atoms with Gasteiger partial charge in [-0.15, -0.1) is 0 Å². The summed E-state index contributed by atoms with van der Waals surface area (Å²) in [6.45, 7) is 1.67. The van der Waals surface area contributed by atoms with Crippen molar-refractivity contribution in [3.63, 3.8) is 0 Å². The van der Waals surface area contributed by atoms with Crippen LogP contribution in [0.1, 0.15) is 13.3 Å². The lowest BCUT2D eigenvalue weighted by Gasteiger charge is -2.25. The molecule has 1 aliphatic heterocycles. The third-order valence-corrected chi connectivity index (χ3v) is 4.27. The number of methoxy groups -OCH3 is 1. The standard InChI is InChI=1S/C17H19N3O6/c1-3-26-13(21)7-17(15(23)18-16(24)19-17)9-20-8-10-4-5-11(25-2)6-12(10)14(20)22/h4-6,8,22H,3,7,9H2,1-2H3,(H2,18,19,23,24). The second kappa shape index (κ2) is 6.58. The quantitative estimate of drug-likeness (QED) is 0.519. The molecule has 0 bridgehead atoms. The van der Waals surface area contributed by atoms with E-state index in [2.05, 4.69) is 10.6 Å². The van der Waals surface area contributed by atoms with Gasteiger partial charge < -0.3 is 24.5 Å². The molecule has 3 rings (SSSR count). The van der Waals surface area contributed by atoms with Crippen LogP contribution in [0.15, 0.2) is 24.4 Å². The van der Waals surface area contributed by atoms with E-state index in [-0.39, 0.29) is 25.5 Å². The number of imide groups is 1. The monoisotopic (exact) mass is 361 g/mol. The van der Waals surface area contributed by atoms with Crippen LogP contribution in [0.25, 0.3) is 10.8 Å². The summed E-state index contributed by atoms with van der Waals surface area (Å²) in [5, 5.41) is 16.4. The van der Waals surface area contributed by atoms with Crippen LogP contribution in [0.2, 0.25) is 0 Å². The number of carbonyl (C=O) groups is 3. The molecule has 0 saturated carbocycles. The summed E-state index contributed by atoms with van der Waals surface area (Å²) in [7, 11) is 1.52. The molecule has 138 valence electrons. The van der Waals surface area contributed by atoms with E-state index >= 15 is 0 Å². The summed E-state index contributed by atoms with van der Waals surface area (Å²) < 4.78 is 11.5. The molecule has 3 amide bonds. The molecule has 1 unspecified atom stereocenters. The molecule has 1 aromatic heterocycles. The Labute approximate surface area is 148 Å². The number of hydrogen-bond donors (Lipinski definition) is 3. The van der Waals surface area contributed by atoms with Crippen LogP contribution in [0.3, 0.4) is 0 Å². The summed E-state index contributed by atoms with van der Waals surface area (Å²) >= 11 is 0. The first-order chi connectivity index (χ1) is 12.4. The molecule has 1 aromatic carbocycles. The number of aromatic nitrogens is 1. The van der Waals surface area contributed by atoms with Gasteiger partial charge in [-0.3, -0.25) is 14.9 Å². The van der Waals surface area contributed by atoms with Gasteiger partial charge in [0.05, 0.1) is 26.7 Å². The van der Waals surface area contributed by atoms with Crippen LogP contribution in [0, 0.1) is 0 Å². The Morgan fingerprint density at radius 2 is 2.12 bits per heavy atom. The average molecular weight is 361 g/mol. The molecular weight excluding hydrogens is 342 g/mol. The first kappa shape index (κ1) is 17.6. The normalized spacial score (nSPS) is 19.3. The lowest BCUT2D eigenvalue weighted by molar-refractivity contribution is -0.147. The van der Waals surface area contributed by atoms with Gasteiger partial charge in [-0.25, -0.2) is 4.79 Å². The van der Waals surface area contributed by atoms with Crippen molar-refractivity contribution in [2.24, 2.45) is 0 Å². The summed E-state index contributed by atoms with van der Waals surface area (Å²) in [4.78, 5) is 36.0. The molecule has 2 aromatic rings. The van der Waals surface area contributed by atoms with Crippen LogP contribution in [-0.4, -0.2) is 46.8 Å². The molecule has 0 aliphatic carbocycles. The molecule has 26 heavy (non-hydrogen) atoms. The van der Waals surface area contributed by atoms with Gasteiger partial charge in [0.25, 0.3) is 5.91 Å². The molecule has 9 heteroatoms. The minimum atomic E-state index is -1.54. The smallest absolute Gasteiger partial charge is 0.322 e. The molecule has 1 fully saturated rings. The predicted molar refractivity (Wildman–Crippen MR) is 90.8 cm³/mol. The Kier molecular flexibility index (Phi) is 4.45. The fourth-order valence-electron chi connectivity index (χ4n) is 3.04. The second-order valence-corrected chi connectivity index (χ2v) is 6.01. The largest absolute Gasteiger partial charge is 0.497 e. The van der Waals surface area contributed by atoms with Crippen molar-refractivity contribution in [2.75, 3.05) is 13.7 Å². The maximum absolute atomic E-state index is 12.4. The highest BCUT2D eigenvalue weighted by Gasteiger charge is 2.48. The van der Waals surface area contributed by atoms with Gasteiger partial charge in [-0.1, -0.05) is 0 Å². The van der Waals surface area contributed by atoms with Gasteiger partial charge in [0.2, 0.25) is 0 Å². The van der Waals surface area contributed by atoms with E-state index in [0.717, 1.165) is 5.39 Å². The summed E-state index contributed by atoms with van der Waals surface area (Å²) in [6, 6.07) is 4.46. The van der Waals surface area contributed by atoms with E-state index in [0.29, 0.717) is 11.1 Å². The SMILES string of the molecule is CCOC(=O)CC1(Cn2cc3ccc(OC)cc3c2O)NC(=O)NC1=O. The molecule has 1 saturated heterocycles. The zero-order chi connectivity index (χ0) is 18.9. The summed E-state index contributed by atoms with van der Waals surface area (Å²) in [6.07, 6.45) is 1.28. The Morgan fingerprint density at radius 1 is 1.35 bits per heavy atom. The number of hydrogen-bond acceptors (Lipinski definition) is 6. The Hall–Kier alpha value is -3.23. The van der Waals surface area contributed by atoms with Crippen molar-refractivity contribution in [1.29, 1.82) is 0 Å². The number of urea groups is 1. The predicted octanol–water partition coefficient (Wildman–Crippen LogP) is 0.887. The van der Waals surface area contributed by atoms with E-state index in [1.807, 2.05) is 0 Å². The van der Waals surface area contributed by atoms with Crippen molar-refractivity contribution < 1.29 is 29.0 Å². The molecule has 1 atom stereocenters. The van der Waals surface area contributed by atoms with Crippen LogP contribution < -0.4 is 15.4 Å². The fraction of sp³-hybridized carbons (Fsp3) is 0.353. The van der Waals surface area contributed by atoms with Gasteiger partial charge in [-0.2, -0.15) is 0 Å². The van der Waals surface area contributed by atoms with Crippen LogP contribution in [0.4, 0.5) is 4.79 Å². The molecule has 9 nitrogen and oxygen atoms in total. The Morgan fingerprint density at radius 3 is 2.73 bits per heavy atom. The number of fused-ring (bicyclic) bond motifs is 1. The second-order valence-electron chi connectivity index (χ2n) is 6.01. The number of esters is 1. The maximum Gasteiger partial charge on any atom is 0.322 e. The minimum Gasteiger partial charge on any atom is -0.497 e. The molecule has 2 heterocycles. The van der Waals surface area contributed by atoms with E-state index < -0.39 is 23.4 Å². The molecular formula is C17H19N3O6. The number of benzene rings is 1. The van der Waals surface area contributed by atoms with Crippen molar-refractivity contribution in [3.8, 4) is 11.6 Å². The number of nitrogens with zero attached hydrogens (tertiary/aromatic N) is 1. The lowest BCUT2D eigenvalue weighted by atomic mass is 9.95. The van der Waals surface area contributed by atoms with E-state index in [1.165, 1.54) is 11.7 Å². The summed E-state index contributed by atoms with van der Waals surface area (Å²) in [5.74, 6) is -0.803. The van der Waals surface area contributed by atoms with Crippen LogP contribution in [0.5, 0.6) is 11.6 Å². The van der Waals surface area contributed by atoms with Gasteiger partial charge in [0.15, 0.2) is 5.88 Å². The lowest BCUT2D eigenvalue weighted by Crippen LogP contribution is -2.52. The average Bonchev–Trinajstić information content (AvgIpc) is 3.04. The van der Waals surface area contributed by atoms with E-state index in [1.54, 1.807) is 31.3 Å². The van der Waals surface area contributed by atoms with E-state index in [4.69, 9.17) is 9.47 Å². The van der Waals surface area contributed by atoms with Gasteiger partial charge >= 0.3 is 12.0 Å². The number of nitrogens with one attached hydrogen (secondary N) is 2. The third-order valence-electron chi connectivity index (χ3n) is 4.27. The zero-order valence-corrected chi connectivity index (χ0v) is 14.4. The van der Waals surface area contributed by atoms with Crippen molar-refractivity contribution >= 4 is 28.7 Å². The minimum absolute atomic E-state index is 0.101. The number of aromatic hydroxyl groups is 1. The molecule has 3 N–H and O–H groups in total. The summed E-state index contributed by atoms with van der Waals surface area (Å²) in [5.41, 5.74) is -1.54. The highest BCUT2D eigenvalue weighted by molar-refractivity contribution is 6.08. The van der Waals surface area contributed by atoms with Crippen molar-refractivity contribution in [1.82, 2.24) is 15.2 Å². The number of carbonyl (C=O) groups excluding carboxylic acids is 3. The van der Waals surface area contributed by atoms with Gasteiger partial charge in [0, 0.05) is 17.0 Å². The first-order valence-corrected chi connectivity index (χ1v) is 8.03. The maximum atomic E-state index is 12.4. The third kappa shape index (κ3) is 3.03. The molecule has 0 spiro atoms. The van der Waals surface area contributed by atoms with Crippen LogP contribution >= 0.6 is 0 Å². The fourth-order valence-corrected chi connectivity index (χ4v) is 3.04. The van der Waals surface area contributed by atoms with Crippen molar-refractivity contribution in [2.45, 2.75) is 25.4 Å². The first-order valence-electron chi connectivity index (χ1n) is 8.03. The highest BCUT2D eigenvalue weighted by atomic mass is 16.5. The van der Waals surface area contributed by atoms with Crippen molar-refractivity contribution in [3.05, 3.63) is 24.4 Å². The number of rotatable bonds is 6. The topological polar surface area (TPSA) is 119 Å². The van der Waals surface area contributed by atoms with Gasteiger partial charge in [-0.05, 0) is 25.1 Å². The molecule has 0 radical (unpaired) electrons. The van der Waals surface area contributed by atoms with Crippen LogP contribution in [-0.2, 0) is 20.9 Å². The number of ether oxygens (including phenoxy) is 2. The highest BCUT2D eigenvalue weighted by Crippen LogP contribution is 2.32.